The van der Waals surface area contributed by atoms with Gasteiger partial charge < -0.3 is 23.9 Å². The normalized spacial score (nSPS) is 16.5. The van der Waals surface area contributed by atoms with E-state index in [1.165, 1.54) is 0 Å². The van der Waals surface area contributed by atoms with E-state index in [0.717, 1.165) is 88.7 Å². The number of pyridine rings is 1. The number of aryl methyl sites for hydroxylation is 2. The summed E-state index contributed by atoms with van der Waals surface area (Å²) in [4.78, 5) is 36.5. The number of aromatic amines is 1. The Hall–Kier alpha value is -4.87. The molecule has 1 N–H and O–H groups in total. The monoisotopic (exact) mass is 617 g/mol. The molecule has 0 atom stereocenters. The maximum Gasteiger partial charge on any atom is 0.291 e. The zero-order valence-electron chi connectivity index (χ0n) is 26.2. The van der Waals surface area contributed by atoms with Crippen LogP contribution in [0.15, 0.2) is 53.2 Å². The Morgan fingerprint density at radius 2 is 1.78 bits per heavy atom. The molecule has 2 fully saturated rings. The standard InChI is InChI=1S/C35H35N7O4/c1-20-30(21(2)46-40-20)26-18-28-25(19-29(26)44-3)31-32(24-8-11-36-27-7-5-4-6-23(24)27)38-34(39-33(31)37-28)35(43)42-12-9-22(10-13-42)41-14-16-45-17-15-41/h4-8,11,18-19,22H,9-10,12-17H2,1-3H3,(H,37,38,39). The number of piperidine rings is 1. The number of para-hydroxylation sites is 1. The van der Waals surface area contributed by atoms with Crippen LogP contribution in [0.4, 0.5) is 0 Å². The lowest BCUT2D eigenvalue weighted by atomic mass is 9.99. The van der Waals surface area contributed by atoms with Crippen molar-refractivity contribution in [2.45, 2.75) is 32.7 Å². The lowest BCUT2D eigenvalue weighted by molar-refractivity contribution is 0.00146. The minimum absolute atomic E-state index is 0.158. The van der Waals surface area contributed by atoms with Gasteiger partial charge in [-0.15, -0.1) is 0 Å². The molecular weight excluding hydrogens is 582 g/mol. The van der Waals surface area contributed by atoms with Crippen LogP contribution in [0.1, 0.15) is 34.9 Å². The summed E-state index contributed by atoms with van der Waals surface area (Å²) in [5.41, 5.74) is 6.37. The minimum Gasteiger partial charge on any atom is -0.496 e. The van der Waals surface area contributed by atoms with Crippen LogP contribution in [0.5, 0.6) is 5.75 Å². The van der Waals surface area contributed by atoms with Gasteiger partial charge in [-0.3, -0.25) is 14.7 Å². The van der Waals surface area contributed by atoms with Crippen molar-refractivity contribution in [2.24, 2.45) is 0 Å². The van der Waals surface area contributed by atoms with E-state index in [0.29, 0.717) is 42.0 Å². The number of methoxy groups -OCH3 is 1. The van der Waals surface area contributed by atoms with Crippen molar-refractivity contribution in [3.8, 4) is 28.1 Å². The molecule has 6 aromatic rings. The third kappa shape index (κ3) is 4.78. The maximum absolute atomic E-state index is 14.1. The molecule has 11 nitrogen and oxygen atoms in total. The molecule has 2 aliphatic heterocycles. The van der Waals surface area contributed by atoms with Crippen molar-refractivity contribution in [1.82, 2.24) is 34.9 Å². The Labute approximate surface area is 265 Å². The molecule has 0 saturated carbocycles. The fraction of sp³-hybridized carbons (Fsp3) is 0.343. The van der Waals surface area contributed by atoms with E-state index >= 15 is 0 Å². The summed E-state index contributed by atoms with van der Waals surface area (Å²) in [7, 11) is 1.66. The third-order valence-electron chi connectivity index (χ3n) is 9.48. The zero-order valence-corrected chi connectivity index (χ0v) is 26.2. The van der Waals surface area contributed by atoms with Crippen LogP contribution in [0.3, 0.4) is 0 Å². The van der Waals surface area contributed by atoms with Gasteiger partial charge in [0.2, 0.25) is 5.82 Å². The van der Waals surface area contributed by atoms with Crippen molar-refractivity contribution >= 4 is 38.7 Å². The van der Waals surface area contributed by atoms with E-state index in [1.54, 1.807) is 13.3 Å². The van der Waals surface area contributed by atoms with Gasteiger partial charge in [0, 0.05) is 65.8 Å². The van der Waals surface area contributed by atoms with E-state index in [1.807, 2.05) is 61.2 Å². The summed E-state index contributed by atoms with van der Waals surface area (Å²) < 4.78 is 16.9. The predicted molar refractivity (Wildman–Crippen MR) is 175 cm³/mol. The van der Waals surface area contributed by atoms with Crippen LogP contribution in [0.25, 0.3) is 55.2 Å². The number of carbonyl (C=O) groups excluding carboxylic acids is 1. The number of nitrogens with zero attached hydrogens (tertiary/aromatic N) is 6. The van der Waals surface area contributed by atoms with Gasteiger partial charge in [-0.05, 0) is 51.0 Å². The molecule has 46 heavy (non-hydrogen) atoms. The van der Waals surface area contributed by atoms with Crippen molar-refractivity contribution in [3.63, 3.8) is 0 Å². The molecule has 6 heterocycles. The average Bonchev–Trinajstić information content (AvgIpc) is 3.64. The first kappa shape index (κ1) is 28.6. The van der Waals surface area contributed by atoms with Gasteiger partial charge in [-0.1, -0.05) is 23.4 Å². The van der Waals surface area contributed by atoms with E-state index in [9.17, 15) is 4.79 Å². The summed E-state index contributed by atoms with van der Waals surface area (Å²) in [5, 5.41) is 6.82. The largest absolute Gasteiger partial charge is 0.496 e. The molecule has 234 valence electrons. The molecule has 11 heteroatoms. The first-order valence-corrected chi connectivity index (χ1v) is 15.8. The Morgan fingerprint density at radius 1 is 0.978 bits per heavy atom. The van der Waals surface area contributed by atoms with Crippen molar-refractivity contribution in [1.29, 1.82) is 0 Å². The number of carbonyl (C=O) groups is 1. The quantitative estimate of drug-likeness (QED) is 0.266. The van der Waals surface area contributed by atoms with E-state index < -0.39 is 0 Å². The highest BCUT2D eigenvalue weighted by molar-refractivity contribution is 6.16. The fourth-order valence-corrected chi connectivity index (χ4v) is 7.17. The highest BCUT2D eigenvalue weighted by atomic mass is 16.5. The zero-order chi connectivity index (χ0) is 31.4. The topological polar surface area (TPSA) is 122 Å². The highest BCUT2D eigenvalue weighted by Gasteiger charge is 2.31. The summed E-state index contributed by atoms with van der Waals surface area (Å²) in [6.07, 6.45) is 3.63. The van der Waals surface area contributed by atoms with Gasteiger partial charge in [0.25, 0.3) is 5.91 Å². The first-order chi connectivity index (χ1) is 22.5. The molecule has 2 aromatic carbocycles. The Kier molecular flexibility index (Phi) is 7.14. The van der Waals surface area contributed by atoms with Gasteiger partial charge in [0.1, 0.15) is 17.2 Å². The van der Waals surface area contributed by atoms with Crippen molar-refractivity contribution < 1.29 is 18.8 Å². The number of nitrogens with one attached hydrogen (secondary N) is 1. The highest BCUT2D eigenvalue weighted by Crippen LogP contribution is 2.42. The molecule has 0 radical (unpaired) electrons. The number of benzene rings is 2. The lowest BCUT2D eigenvalue weighted by Gasteiger charge is -2.39. The van der Waals surface area contributed by atoms with Crippen molar-refractivity contribution in [3.05, 3.63) is 65.9 Å². The molecule has 1 amide bonds. The average molecular weight is 618 g/mol. The number of fused-ring (bicyclic) bond motifs is 4. The van der Waals surface area contributed by atoms with Crippen LogP contribution in [0.2, 0.25) is 0 Å². The minimum atomic E-state index is -0.158. The molecule has 0 spiro atoms. The molecular formula is C35H35N7O4. The van der Waals surface area contributed by atoms with Crippen molar-refractivity contribution in [2.75, 3.05) is 46.5 Å². The van der Waals surface area contributed by atoms with Crippen LogP contribution in [-0.2, 0) is 4.74 Å². The number of amides is 1. The van der Waals surface area contributed by atoms with Gasteiger partial charge in [0.15, 0.2) is 0 Å². The number of hydrogen-bond acceptors (Lipinski definition) is 9. The number of ether oxygens (including phenoxy) is 2. The number of hydrogen-bond donors (Lipinski definition) is 1. The van der Waals surface area contributed by atoms with Crippen LogP contribution in [-0.4, -0.2) is 93.3 Å². The lowest BCUT2D eigenvalue weighted by Crippen LogP contribution is -2.50. The number of rotatable bonds is 5. The number of aromatic nitrogens is 5. The SMILES string of the molecule is COc1cc2c(cc1-c1c(C)noc1C)[nH]c1nc(C(=O)N3CCC(N4CCOCC4)CC3)nc(-c3ccnc4ccccc34)c12. The van der Waals surface area contributed by atoms with Gasteiger partial charge in [-0.2, -0.15) is 0 Å². The Morgan fingerprint density at radius 3 is 2.54 bits per heavy atom. The molecule has 2 aliphatic rings. The van der Waals surface area contributed by atoms with E-state index in [4.69, 9.17) is 24.0 Å². The van der Waals surface area contributed by atoms with Crippen LogP contribution < -0.4 is 4.74 Å². The summed E-state index contributed by atoms with van der Waals surface area (Å²) >= 11 is 0. The molecule has 8 rings (SSSR count). The van der Waals surface area contributed by atoms with Gasteiger partial charge in [-0.25, -0.2) is 9.97 Å². The van der Waals surface area contributed by atoms with Gasteiger partial charge in [0.05, 0.1) is 48.2 Å². The summed E-state index contributed by atoms with van der Waals surface area (Å²) in [5.74, 6) is 1.41. The van der Waals surface area contributed by atoms with E-state index in [-0.39, 0.29) is 11.7 Å². The van der Waals surface area contributed by atoms with Crippen LogP contribution >= 0.6 is 0 Å². The molecule has 0 aliphatic carbocycles. The fourth-order valence-electron chi connectivity index (χ4n) is 7.17. The smallest absolute Gasteiger partial charge is 0.291 e. The molecule has 0 unspecified atom stereocenters. The second-order valence-corrected chi connectivity index (χ2v) is 12.1. The summed E-state index contributed by atoms with van der Waals surface area (Å²) in [6.45, 7) is 8.59. The molecule has 2 saturated heterocycles. The van der Waals surface area contributed by atoms with E-state index in [2.05, 4.69) is 20.0 Å². The second-order valence-electron chi connectivity index (χ2n) is 12.1. The second kappa shape index (κ2) is 11.5. The third-order valence-corrected chi connectivity index (χ3v) is 9.48. The van der Waals surface area contributed by atoms with Gasteiger partial charge >= 0.3 is 0 Å². The van der Waals surface area contributed by atoms with Crippen LogP contribution in [0, 0.1) is 13.8 Å². The number of H-pyrrole nitrogens is 1. The maximum atomic E-state index is 14.1. The summed E-state index contributed by atoms with van der Waals surface area (Å²) in [6, 6.07) is 14.4. The Balaban J connectivity index is 1.27. The number of morpholine rings is 1. The molecule has 0 bridgehead atoms. The molecule has 4 aromatic heterocycles. The number of likely N-dealkylation sites (tertiary alicyclic amines) is 1. The predicted octanol–water partition coefficient (Wildman–Crippen LogP) is 5.54. The first-order valence-electron chi connectivity index (χ1n) is 15.8. The Bertz CT molecular complexity index is 2080.